The van der Waals surface area contributed by atoms with Crippen molar-refractivity contribution < 1.29 is 9.47 Å². The predicted octanol–water partition coefficient (Wildman–Crippen LogP) is 1.43. The van der Waals surface area contributed by atoms with Crippen molar-refractivity contribution in [3.05, 3.63) is 0 Å². The van der Waals surface area contributed by atoms with Gasteiger partial charge in [0.15, 0.2) is 0 Å². The van der Waals surface area contributed by atoms with Gasteiger partial charge >= 0.3 is 0 Å². The van der Waals surface area contributed by atoms with Crippen molar-refractivity contribution in [1.82, 2.24) is 5.32 Å². The summed E-state index contributed by atoms with van der Waals surface area (Å²) in [4.78, 5) is 0. The fourth-order valence-electron chi connectivity index (χ4n) is 2.35. The minimum absolute atomic E-state index is 0.172. The van der Waals surface area contributed by atoms with Crippen LogP contribution in [0.15, 0.2) is 0 Å². The first-order valence-electron chi connectivity index (χ1n) is 5.43. The molecule has 0 radical (unpaired) electrons. The van der Waals surface area contributed by atoms with Gasteiger partial charge in [-0.25, -0.2) is 0 Å². The van der Waals surface area contributed by atoms with Crippen LogP contribution in [0.2, 0.25) is 0 Å². The zero-order valence-electron chi connectivity index (χ0n) is 9.64. The molecule has 1 saturated heterocycles. The van der Waals surface area contributed by atoms with Crippen molar-refractivity contribution >= 4 is 0 Å². The van der Waals surface area contributed by atoms with E-state index in [1.807, 2.05) is 0 Å². The van der Waals surface area contributed by atoms with E-state index in [2.05, 4.69) is 12.2 Å². The number of hydrogen-bond acceptors (Lipinski definition) is 3. The largest absolute Gasteiger partial charge is 0.385 e. The van der Waals surface area contributed by atoms with Gasteiger partial charge in [0.1, 0.15) is 0 Å². The molecule has 0 aromatic carbocycles. The summed E-state index contributed by atoms with van der Waals surface area (Å²) in [5.74, 6) is 0.788. The van der Waals surface area contributed by atoms with Gasteiger partial charge in [-0.15, -0.1) is 0 Å². The van der Waals surface area contributed by atoms with Crippen molar-refractivity contribution in [2.75, 3.05) is 34.0 Å². The maximum atomic E-state index is 5.24. The normalized spacial score (nSPS) is 33.2. The van der Waals surface area contributed by atoms with Gasteiger partial charge in [-0.3, -0.25) is 0 Å². The van der Waals surface area contributed by atoms with Crippen LogP contribution in [0.5, 0.6) is 0 Å². The Bertz CT molecular complexity index is 159. The summed E-state index contributed by atoms with van der Waals surface area (Å²) >= 11 is 0. The smallest absolute Gasteiger partial charge is 0.0641 e. The van der Waals surface area contributed by atoms with Gasteiger partial charge in [0.2, 0.25) is 0 Å². The van der Waals surface area contributed by atoms with Crippen LogP contribution in [0.1, 0.15) is 26.2 Å². The number of nitrogens with one attached hydrogen (secondary N) is 1. The molecule has 1 heterocycles. The van der Waals surface area contributed by atoms with Crippen LogP contribution in [0.4, 0.5) is 0 Å². The van der Waals surface area contributed by atoms with Crippen LogP contribution in [0.25, 0.3) is 0 Å². The van der Waals surface area contributed by atoms with Crippen molar-refractivity contribution in [2.24, 2.45) is 5.92 Å². The summed E-state index contributed by atoms with van der Waals surface area (Å²) in [6.45, 7) is 5.04. The topological polar surface area (TPSA) is 30.5 Å². The molecule has 0 amide bonds. The Labute approximate surface area is 87.2 Å². The third kappa shape index (κ3) is 3.56. The number of rotatable bonds is 5. The highest BCUT2D eigenvalue weighted by Gasteiger charge is 2.31. The second-order valence-corrected chi connectivity index (χ2v) is 4.56. The summed E-state index contributed by atoms with van der Waals surface area (Å²) in [5.41, 5.74) is 0.172. The van der Waals surface area contributed by atoms with Crippen molar-refractivity contribution in [2.45, 2.75) is 31.7 Å². The van der Waals surface area contributed by atoms with E-state index in [4.69, 9.17) is 9.47 Å². The minimum Gasteiger partial charge on any atom is -0.385 e. The molecule has 1 N–H and O–H groups in total. The molecule has 0 aromatic heterocycles. The van der Waals surface area contributed by atoms with Crippen molar-refractivity contribution in [3.63, 3.8) is 0 Å². The van der Waals surface area contributed by atoms with E-state index in [9.17, 15) is 0 Å². The molecule has 3 nitrogen and oxygen atoms in total. The third-order valence-corrected chi connectivity index (χ3v) is 3.04. The Balaban J connectivity index is 2.34. The quantitative estimate of drug-likeness (QED) is 0.730. The Hall–Kier alpha value is -0.120. The summed E-state index contributed by atoms with van der Waals surface area (Å²) in [6.07, 6.45) is 3.64. The molecule has 0 aromatic rings. The van der Waals surface area contributed by atoms with Crippen LogP contribution in [-0.4, -0.2) is 39.5 Å². The standard InChI is InChI=1S/C11H23NO2/c1-11(9-14-3)8-10(4-6-12-11)5-7-13-2/h10,12H,4-9H2,1-3H3. The monoisotopic (exact) mass is 201 g/mol. The number of piperidine rings is 1. The molecule has 0 spiro atoms. The number of hydrogen-bond donors (Lipinski definition) is 1. The summed E-state index contributed by atoms with van der Waals surface area (Å²) in [5, 5.41) is 3.54. The Morgan fingerprint density at radius 3 is 2.79 bits per heavy atom. The maximum Gasteiger partial charge on any atom is 0.0641 e. The van der Waals surface area contributed by atoms with E-state index < -0.39 is 0 Å². The molecule has 1 aliphatic rings. The average Bonchev–Trinajstić information content (AvgIpc) is 2.15. The van der Waals surface area contributed by atoms with Crippen LogP contribution < -0.4 is 5.32 Å². The van der Waals surface area contributed by atoms with Crippen LogP contribution in [-0.2, 0) is 9.47 Å². The average molecular weight is 201 g/mol. The molecule has 0 saturated carbocycles. The highest BCUT2D eigenvalue weighted by Crippen LogP contribution is 2.26. The highest BCUT2D eigenvalue weighted by atomic mass is 16.5. The Kier molecular flexibility index (Phi) is 4.85. The van der Waals surface area contributed by atoms with E-state index in [0.29, 0.717) is 0 Å². The molecule has 1 rings (SSSR count). The van der Waals surface area contributed by atoms with Gasteiger partial charge in [0.25, 0.3) is 0 Å². The molecule has 0 aliphatic carbocycles. The predicted molar refractivity (Wildman–Crippen MR) is 57.5 cm³/mol. The molecular formula is C11H23NO2. The molecule has 1 fully saturated rings. The zero-order chi connectivity index (χ0) is 10.4. The van der Waals surface area contributed by atoms with E-state index in [1.54, 1.807) is 14.2 Å². The van der Waals surface area contributed by atoms with Crippen LogP contribution in [0, 0.1) is 5.92 Å². The van der Waals surface area contributed by atoms with Crippen molar-refractivity contribution in [3.8, 4) is 0 Å². The Morgan fingerprint density at radius 2 is 2.14 bits per heavy atom. The van der Waals surface area contributed by atoms with E-state index in [0.717, 1.165) is 25.7 Å². The molecule has 84 valence electrons. The first-order chi connectivity index (χ1) is 6.70. The van der Waals surface area contributed by atoms with E-state index in [-0.39, 0.29) is 5.54 Å². The number of methoxy groups -OCH3 is 2. The summed E-state index contributed by atoms with van der Waals surface area (Å²) < 4.78 is 10.4. The molecule has 2 unspecified atom stereocenters. The van der Waals surface area contributed by atoms with Gasteiger partial charge in [-0.05, 0) is 38.6 Å². The lowest BCUT2D eigenvalue weighted by Gasteiger charge is -2.38. The third-order valence-electron chi connectivity index (χ3n) is 3.04. The van der Waals surface area contributed by atoms with Crippen molar-refractivity contribution in [1.29, 1.82) is 0 Å². The lowest BCUT2D eigenvalue weighted by molar-refractivity contribution is 0.0728. The van der Waals surface area contributed by atoms with E-state index in [1.165, 1.54) is 19.3 Å². The SMILES string of the molecule is COCCC1CCNC(C)(COC)C1. The lowest BCUT2D eigenvalue weighted by Crippen LogP contribution is -2.51. The minimum atomic E-state index is 0.172. The van der Waals surface area contributed by atoms with E-state index >= 15 is 0 Å². The maximum absolute atomic E-state index is 5.24. The highest BCUT2D eigenvalue weighted by molar-refractivity contribution is 4.89. The van der Waals surface area contributed by atoms with Gasteiger partial charge in [-0.2, -0.15) is 0 Å². The molecule has 2 atom stereocenters. The van der Waals surface area contributed by atoms with Crippen LogP contribution >= 0.6 is 0 Å². The van der Waals surface area contributed by atoms with Gasteiger partial charge < -0.3 is 14.8 Å². The van der Waals surface area contributed by atoms with Crippen LogP contribution in [0.3, 0.4) is 0 Å². The summed E-state index contributed by atoms with van der Waals surface area (Å²) in [7, 11) is 3.54. The fourth-order valence-corrected chi connectivity index (χ4v) is 2.35. The Morgan fingerprint density at radius 1 is 1.36 bits per heavy atom. The van der Waals surface area contributed by atoms with Gasteiger partial charge in [-0.1, -0.05) is 0 Å². The molecule has 3 heteroatoms. The molecule has 0 bridgehead atoms. The second-order valence-electron chi connectivity index (χ2n) is 4.56. The molecular weight excluding hydrogens is 178 g/mol. The molecule has 14 heavy (non-hydrogen) atoms. The zero-order valence-corrected chi connectivity index (χ0v) is 9.64. The first-order valence-corrected chi connectivity index (χ1v) is 5.43. The first kappa shape index (κ1) is 12.0. The van der Waals surface area contributed by atoms with Gasteiger partial charge in [0.05, 0.1) is 6.61 Å². The number of ether oxygens (including phenoxy) is 2. The fraction of sp³-hybridized carbons (Fsp3) is 1.00. The van der Waals surface area contributed by atoms with Gasteiger partial charge in [0, 0.05) is 26.4 Å². The second kappa shape index (κ2) is 5.69. The summed E-state index contributed by atoms with van der Waals surface area (Å²) in [6, 6.07) is 0. The molecule has 1 aliphatic heterocycles. The lowest BCUT2D eigenvalue weighted by atomic mass is 9.82.